The normalized spacial score (nSPS) is 10.9. The lowest BCUT2D eigenvalue weighted by Crippen LogP contribution is -2.04. The zero-order valence-electron chi connectivity index (χ0n) is 8.83. The van der Waals surface area contributed by atoms with Gasteiger partial charge < -0.3 is 10.8 Å². The fraction of sp³-hybridized carbons (Fsp3) is 0.545. The molecule has 0 amide bonds. The highest BCUT2D eigenvalue weighted by Gasteiger charge is 2.08. The molecule has 3 N–H and O–H groups in total. The number of nitrogens with two attached hydrogens (primary N) is 1. The van der Waals surface area contributed by atoms with Crippen LogP contribution in [0.25, 0.3) is 0 Å². The van der Waals surface area contributed by atoms with Gasteiger partial charge in [-0.05, 0) is 30.4 Å². The summed E-state index contributed by atoms with van der Waals surface area (Å²) in [4.78, 5) is 4.26. The van der Waals surface area contributed by atoms with E-state index < -0.39 is 0 Å². The van der Waals surface area contributed by atoms with Crippen molar-refractivity contribution < 1.29 is 5.11 Å². The first-order valence-electron chi connectivity index (χ1n) is 5.01. The highest BCUT2D eigenvalue weighted by Crippen LogP contribution is 2.23. The smallest absolute Gasteiger partial charge is 0.0660 e. The number of pyridine rings is 1. The fourth-order valence-electron chi connectivity index (χ4n) is 1.48. The van der Waals surface area contributed by atoms with Crippen LogP contribution in [0.1, 0.15) is 37.4 Å². The largest absolute Gasteiger partial charge is 0.397 e. The van der Waals surface area contributed by atoms with Crippen molar-refractivity contribution in [3.8, 4) is 0 Å². The molecule has 0 saturated heterocycles. The van der Waals surface area contributed by atoms with Gasteiger partial charge in [-0.15, -0.1) is 0 Å². The number of nitrogen functional groups attached to an aromatic ring is 1. The topological polar surface area (TPSA) is 59.1 Å². The Bertz CT molecular complexity index is 297. The number of anilines is 1. The van der Waals surface area contributed by atoms with E-state index in [0.29, 0.717) is 5.92 Å². The van der Waals surface area contributed by atoms with E-state index in [1.54, 1.807) is 6.20 Å². The SMILES string of the molecule is CC(C)c1nccc(CCCO)c1N. The maximum atomic E-state index is 8.74. The molecule has 0 spiro atoms. The summed E-state index contributed by atoms with van der Waals surface area (Å²) >= 11 is 0. The minimum absolute atomic E-state index is 0.207. The summed E-state index contributed by atoms with van der Waals surface area (Å²) in [6.45, 7) is 4.36. The predicted molar refractivity (Wildman–Crippen MR) is 58.1 cm³/mol. The Morgan fingerprint density at radius 1 is 1.50 bits per heavy atom. The van der Waals surface area contributed by atoms with Gasteiger partial charge in [-0.3, -0.25) is 4.98 Å². The minimum atomic E-state index is 0.207. The van der Waals surface area contributed by atoms with E-state index in [4.69, 9.17) is 10.8 Å². The minimum Gasteiger partial charge on any atom is -0.397 e. The zero-order valence-corrected chi connectivity index (χ0v) is 8.83. The summed E-state index contributed by atoms with van der Waals surface area (Å²) in [6.07, 6.45) is 3.37. The van der Waals surface area contributed by atoms with E-state index in [-0.39, 0.29) is 6.61 Å². The average Bonchev–Trinajstić information content (AvgIpc) is 2.16. The van der Waals surface area contributed by atoms with Gasteiger partial charge >= 0.3 is 0 Å². The summed E-state index contributed by atoms with van der Waals surface area (Å²) in [7, 11) is 0. The van der Waals surface area contributed by atoms with Gasteiger partial charge in [-0.1, -0.05) is 13.8 Å². The molecule has 78 valence electrons. The highest BCUT2D eigenvalue weighted by atomic mass is 16.2. The van der Waals surface area contributed by atoms with Crippen LogP contribution in [0.4, 0.5) is 5.69 Å². The molecule has 0 saturated carbocycles. The maximum Gasteiger partial charge on any atom is 0.0660 e. The van der Waals surface area contributed by atoms with Gasteiger partial charge in [0.1, 0.15) is 0 Å². The molecule has 0 aromatic carbocycles. The second-order valence-corrected chi connectivity index (χ2v) is 3.75. The van der Waals surface area contributed by atoms with Crippen molar-refractivity contribution in [3.05, 3.63) is 23.5 Å². The quantitative estimate of drug-likeness (QED) is 0.767. The Labute approximate surface area is 85.0 Å². The molecule has 0 radical (unpaired) electrons. The first-order chi connectivity index (χ1) is 6.66. The van der Waals surface area contributed by atoms with Gasteiger partial charge in [0.25, 0.3) is 0 Å². The molecule has 1 heterocycles. The first kappa shape index (κ1) is 11.0. The third-order valence-electron chi connectivity index (χ3n) is 2.26. The fourth-order valence-corrected chi connectivity index (χ4v) is 1.48. The molecule has 1 rings (SSSR count). The molecular formula is C11H18N2O. The number of hydrogen-bond donors (Lipinski definition) is 2. The molecule has 3 heteroatoms. The molecule has 1 aromatic rings. The Balaban J connectivity index is 2.89. The molecule has 0 aliphatic rings. The van der Waals surface area contributed by atoms with Gasteiger partial charge in [0.2, 0.25) is 0 Å². The maximum absolute atomic E-state index is 8.74. The Morgan fingerprint density at radius 3 is 2.79 bits per heavy atom. The van der Waals surface area contributed by atoms with E-state index in [2.05, 4.69) is 18.8 Å². The molecular weight excluding hydrogens is 176 g/mol. The molecule has 3 nitrogen and oxygen atoms in total. The first-order valence-corrected chi connectivity index (χ1v) is 5.01. The van der Waals surface area contributed by atoms with Gasteiger partial charge in [-0.25, -0.2) is 0 Å². The molecule has 0 aliphatic heterocycles. The number of aliphatic hydroxyl groups is 1. The molecule has 0 atom stereocenters. The molecule has 0 aliphatic carbocycles. The van der Waals surface area contributed by atoms with Crippen LogP contribution in [0.2, 0.25) is 0 Å². The van der Waals surface area contributed by atoms with Crippen molar-refractivity contribution in [1.82, 2.24) is 4.98 Å². The van der Waals surface area contributed by atoms with Crippen LogP contribution < -0.4 is 5.73 Å². The lowest BCUT2D eigenvalue weighted by atomic mass is 10.0. The Kier molecular flexibility index (Phi) is 3.89. The summed E-state index contributed by atoms with van der Waals surface area (Å²) < 4.78 is 0. The molecule has 1 aromatic heterocycles. The number of aryl methyl sites for hydroxylation is 1. The number of aliphatic hydroxyl groups excluding tert-OH is 1. The van der Waals surface area contributed by atoms with Gasteiger partial charge in [0.05, 0.1) is 11.4 Å². The van der Waals surface area contributed by atoms with Gasteiger partial charge in [-0.2, -0.15) is 0 Å². The summed E-state index contributed by atoms with van der Waals surface area (Å²) in [5.74, 6) is 0.351. The summed E-state index contributed by atoms with van der Waals surface area (Å²) in [5.41, 5.74) is 8.82. The third kappa shape index (κ3) is 2.45. The summed E-state index contributed by atoms with van der Waals surface area (Å²) in [5, 5.41) is 8.74. The lowest BCUT2D eigenvalue weighted by molar-refractivity contribution is 0.288. The monoisotopic (exact) mass is 194 g/mol. The zero-order chi connectivity index (χ0) is 10.6. The third-order valence-corrected chi connectivity index (χ3v) is 2.26. The molecule has 14 heavy (non-hydrogen) atoms. The standard InChI is InChI=1S/C11H18N2O/c1-8(2)11-10(12)9(4-3-7-14)5-6-13-11/h5-6,8,14H,3-4,7,12H2,1-2H3. The molecule has 0 unspecified atom stereocenters. The average molecular weight is 194 g/mol. The van der Waals surface area contributed by atoms with E-state index in [1.165, 1.54) is 0 Å². The van der Waals surface area contributed by atoms with E-state index in [1.807, 2.05) is 6.07 Å². The van der Waals surface area contributed by atoms with Crippen molar-refractivity contribution in [3.63, 3.8) is 0 Å². The second kappa shape index (κ2) is 4.96. The van der Waals surface area contributed by atoms with E-state index in [0.717, 1.165) is 29.8 Å². The predicted octanol–water partition coefficient (Wildman–Crippen LogP) is 1.71. The van der Waals surface area contributed by atoms with Gasteiger partial charge in [0, 0.05) is 12.8 Å². The van der Waals surface area contributed by atoms with Crippen molar-refractivity contribution >= 4 is 5.69 Å². The van der Waals surface area contributed by atoms with Crippen LogP contribution in [0, 0.1) is 0 Å². The number of nitrogens with zero attached hydrogens (tertiary/aromatic N) is 1. The van der Waals surface area contributed by atoms with Crippen LogP contribution in [0.15, 0.2) is 12.3 Å². The van der Waals surface area contributed by atoms with Crippen LogP contribution in [-0.2, 0) is 6.42 Å². The van der Waals surface area contributed by atoms with Crippen LogP contribution in [0.5, 0.6) is 0 Å². The number of hydrogen-bond acceptors (Lipinski definition) is 3. The Hall–Kier alpha value is -1.09. The van der Waals surface area contributed by atoms with Crippen molar-refractivity contribution in [1.29, 1.82) is 0 Å². The number of rotatable bonds is 4. The molecule has 0 bridgehead atoms. The summed E-state index contributed by atoms with van der Waals surface area (Å²) in [6, 6.07) is 1.93. The van der Waals surface area contributed by atoms with Crippen LogP contribution in [-0.4, -0.2) is 16.7 Å². The van der Waals surface area contributed by atoms with Crippen molar-refractivity contribution in [2.24, 2.45) is 0 Å². The van der Waals surface area contributed by atoms with E-state index in [9.17, 15) is 0 Å². The molecule has 0 fully saturated rings. The Morgan fingerprint density at radius 2 is 2.21 bits per heavy atom. The van der Waals surface area contributed by atoms with Crippen molar-refractivity contribution in [2.45, 2.75) is 32.6 Å². The van der Waals surface area contributed by atoms with E-state index >= 15 is 0 Å². The van der Waals surface area contributed by atoms with Crippen molar-refractivity contribution in [2.75, 3.05) is 12.3 Å². The van der Waals surface area contributed by atoms with Crippen LogP contribution in [0.3, 0.4) is 0 Å². The second-order valence-electron chi connectivity index (χ2n) is 3.75. The lowest BCUT2D eigenvalue weighted by Gasteiger charge is -2.11. The number of aromatic nitrogens is 1. The highest BCUT2D eigenvalue weighted by molar-refractivity contribution is 5.51. The van der Waals surface area contributed by atoms with Crippen LogP contribution >= 0.6 is 0 Å². The van der Waals surface area contributed by atoms with Gasteiger partial charge in [0.15, 0.2) is 0 Å².